The molecule has 0 bridgehead atoms. The Labute approximate surface area is 193 Å². The summed E-state index contributed by atoms with van der Waals surface area (Å²) in [5, 5.41) is 16.7. The van der Waals surface area contributed by atoms with E-state index in [0.29, 0.717) is 22.4 Å². The fourth-order valence-corrected chi connectivity index (χ4v) is 4.62. The van der Waals surface area contributed by atoms with Crippen molar-refractivity contribution < 1.29 is 4.42 Å². The van der Waals surface area contributed by atoms with E-state index in [9.17, 15) is 4.79 Å². The van der Waals surface area contributed by atoms with Crippen molar-refractivity contribution >= 4 is 39.2 Å². The quantitative estimate of drug-likeness (QED) is 0.364. The van der Waals surface area contributed by atoms with Gasteiger partial charge >= 0.3 is 0 Å². The minimum atomic E-state index is -0.530. The Hall–Kier alpha value is -2.75. The summed E-state index contributed by atoms with van der Waals surface area (Å²) in [5.74, 6) is 0.632. The molecule has 0 amide bonds. The van der Waals surface area contributed by atoms with Crippen LogP contribution in [0.4, 0.5) is 5.69 Å². The summed E-state index contributed by atoms with van der Waals surface area (Å²) in [7, 11) is 0. The van der Waals surface area contributed by atoms with E-state index in [-0.39, 0.29) is 11.5 Å². The Balaban J connectivity index is 1.62. The van der Waals surface area contributed by atoms with Crippen LogP contribution in [0.5, 0.6) is 0 Å². The average molecular weight is 527 g/mol. The summed E-state index contributed by atoms with van der Waals surface area (Å²) in [6, 6.07) is 15.0. The van der Waals surface area contributed by atoms with Crippen LogP contribution >= 0.6 is 22.6 Å². The van der Waals surface area contributed by atoms with E-state index in [1.54, 1.807) is 12.1 Å². The first-order chi connectivity index (χ1) is 15.2. The fraction of sp³-hybridized carbons (Fsp3) is 0.304. The molecule has 7 nitrogen and oxygen atoms in total. The molecule has 5 rings (SSSR count). The maximum Gasteiger partial charge on any atom is 0.198 e. The molecule has 1 N–H and O–H groups in total. The lowest BCUT2D eigenvalue weighted by atomic mass is 9.95. The van der Waals surface area contributed by atoms with Gasteiger partial charge in [-0.15, -0.1) is 5.10 Å². The molecule has 4 aromatic rings. The zero-order valence-corrected chi connectivity index (χ0v) is 19.0. The minimum absolute atomic E-state index is 0.0805. The zero-order chi connectivity index (χ0) is 21.2. The molecule has 1 aliphatic carbocycles. The van der Waals surface area contributed by atoms with Crippen molar-refractivity contribution in [1.82, 2.24) is 20.2 Å². The van der Waals surface area contributed by atoms with Crippen molar-refractivity contribution in [2.75, 3.05) is 5.32 Å². The van der Waals surface area contributed by atoms with Crippen molar-refractivity contribution in [2.45, 2.75) is 44.2 Å². The molecule has 1 aliphatic rings. The molecule has 31 heavy (non-hydrogen) atoms. The van der Waals surface area contributed by atoms with E-state index in [4.69, 9.17) is 4.42 Å². The van der Waals surface area contributed by atoms with Gasteiger partial charge in [0.25, 0.3) is 0 Å². The van der Waals surface area contributed by atoms with Gasteiger partial charge in [-0.2, -0.15) is 0 Å². The molecule has 1 unspecified atom stereocenters. The number of aromatic nitrogens is 4. The average Bonchev–Trinajstić information content (AvgIpc) is 3.30. The lowest BCUT2D eigenvalue weighted by molar-refractivity contribution is 0.315. The summed E-state index contributed by atoms with van der Waals surface area (Å²) in [4.78, 5) is 13.4. The number of anilines is 1. The van der Waals surface area contributed by atoms with E-state index in [1.807, 2.05) is 41.1 Å². The number of para-hydroxylation sites is 1. The number of nitrogens with one attached hydrogen (secondary N) is 1. The Kier molecular flexibility index (Phi) is 5.71. The molecular formula is C23H22IN5O2. The first kappa shape index (κ1) is 20.2. The molecule has 0 saturated heterocycles. The molecular weight excluding hydrogens is 505 g/mol. The highest BCUT2D eigenvalue weighted by atomic mass is 127. The SMILES string of the molecule is O=c1c(C(Nc2ccc(I)cc2)c2nnnn2C2CCCCC2)coc2ccccc12. The maximum atomic E-state index is 13.4. The monoisotopic (exact) mass is 527 g/mol. The molecule has 2 aromatic heterocycles. The smallest absolute Gasteiger partial charge is 0.198 e. The maximum absolute atomic E-state index is 13.4. The van der Waals surface area contributed by atoms with Gasteiger partial charge in [0, 0.05) is 9.26 Å². The van der Waals surface area contributed by atoms with E-state index < -0.39 is 6.04 Å². The Morgan fingerprint density at radius 3 is 2.65 bits per heavy atom. The standard InChI is InChI=1S/C23H22IN5O2/c24-15-10-12-16(13-11-15)25-21(19-14-31-20-9-5-4-8-18(20)22(19)30)23-26-27-28-29(23)17-6-2-1-3-7-17/h4-5,8-14,17,21,25H,1-3,6-7H2. The van der Waals surface area contributed by atoms with Gasteiger partial charge in [0.2, 0.25) is 0 Å². The van der Waals surface area contributed by atoms with E-state index >= 15 is 0 Å². The van der Waals surface area contributed by atoms with Crippen molar-refractivity contribution in [3.8, 4) is 0 Å². The zero-order valence-electron chi connectivity index (χ0n) is 16.9. The summed E-state index contributed by atoms with van der Waals surface area (Å²) in [6.07, 6.45) is 7.19. The second-order valence-corrected chi connectivity index (χ2v) is 9.12. The van der Waals surface area contributed by atoms with Crippen LogP contribution in [0, 0.1) is 3.57 Å². The molecule has 1 saturated carbocycles. The van der Waals surface area contributed by atoms with Crippen LogP contribution in [-0.4, -0.2) is 20.2 Å². The number of hydrogen-bond donors (Lipinski definition) is 1. The number of nitrogens with zero attached hydrogens (tertiary/aromatic N) is 4. The summed E-state index contributed by atoms with van der Waals surface area (Å²) < 4.78 is 8.86. The number of rotatable bonds is 5. The number of halogens is 1. The number of benzene rings is 2. The van der Waals surface area contributed by atoms with Crippen LogP contribution in [0.25, 0.3) is 11.0 Å². The molecule has 1 atom stereocenters. The number of tetrazole rings is 1. The summed E-state index contributed by atoms with van der Waals surface area (Å²) in [5.41, 5.74) is 1.86. The topological polar surface area (TPSA) is 85.8 Å². The van der Waals surface area contributed by atoms with E-state index in [0.717, 1.165) is 34.9 Å². The van der Waals surface area contributed by atoms with Gasteiger partial charge in [-0.1, -0.05) is 31.4 Å². The highest BCUT2D eigenvalue weighted by molar-refractivity contribution is 14.1. The highest BCUT2D eigenvalue weighted by Crippen LogP contribution is 2.32. The molecule has 2 aromatic carbocycles. The Morgan fingerprint density at radius 1 is 1.06 bits per heavy atom. The van der Waals surface area contributed by atoms with Crippen LogP contribution in [0.2, 0.25) is 0 Å². The Bertz CT molecular complexity index is 1240. The largest absolute Gasteiger partial charge is 0.464 e. The van der Waals surface area contributed by atoms with Gasteiger partial charge in [0.05, 0.1) is 17.0 Å². The van der Waals surface area contributed by atoms with E-state index in [1.165, 1.54) is 12.7 Å². The van der Waals surface area contributed by atoms with Gasteiger partial charge in [0.15, 0.2) is 11.3 Å². The molecule has 0 radical (unpaired) electrons. The lowest BCUT2D eigenvalue weighted by Gasteiger charge is -2.25. The van der Waals surface area contributed by atoms with Crippen molar-refractivity contribution in [3.63, 3.8) is 0 Å². The molecule has 8 heteroatoms. The van der Waals surface area contributed by atoms with Crippen molar-refractivity contribution in [2.24, 2.45) is 0 Å². The van der Waals surface area contributed by atoms with Crippen LogP contribution in [0.1, 0.15) is 55.6 Å². The summed E-state index contributed by atoms with van der Waals surface area (Å²) >= 11 is 2.27. The first-order valence-electron chi connectivity index (χ1n) is 10.5. The van der Waals surface area contributed by atoms with Crippen molar-refractivity contribution in [3.05, 3.63) is 80.0 Å². The third-order valence-corrected chi connectivity index (χ3v) is 6.59. The van der Waals surface area contributed by atoms with Gasteiger partial charge < -0.3 is 9.73 Å². The van der Waals surface area contributed by atoms with Gasteiger partial charge in [-0.3, -0.25) is 4.79 Å². The predicted octanol–water partition coefficient (Wildman–Crippen LogP) is 5.09. The number of hydrogen-bond acceptors (Lipinski definition) is 6. The molecule has 1 fully saturated rings. The second-order valence-electron chi connectivity index (χ2n) is 7.87. The third-order valence-electron chi connectivity index (χ3n) is 5.87. The predicted molar refractivity (Wildman–Crippen MR) is 127 cm³/mol. The molecule has 0 aliphatic heterocycles. The van der Waals surface area contributed by atoms with Crippen LogP contribution in [0.15, 0.2) is 64.0 Å². The van der Waals surface area contributed by atoms with Crippen LogP contribution in [0.3, 0.4) is 0 Å². The van der Waals surface area contributed by atoms with Crippen LogP contribution in [-0.2, 0) is 0 Å². The normalized spacial score (nSPS) is 15.8. The fourth-order valence-electron chi connectivity index (χ4n) is 4.26. The van der Waals surface area contributed by atoms with Gasteiger partial charge in [-0.25, -0.2) is 4.68 Å². The molecule has 0 spiro atoms. The van der Waals surface area contributed by atoms with Crippen molar-refractivity contribution in [1.29, 1.82) is 0 Å². The first-order valence-corrected chi connectivity index (χ1v) is 11.6. The lowest BCUT2D eigenvalue weighted by Crippen LogP contribution is -2.26. The highest BCUT2D eigenvalue weighted by Gasteiger charge is 2.29. The third kappa shape index (κ3) is 4.08. The second kappa shape index (κ2) is 8.78. The van der Waals surface area contributed by atoms with Gasteiger partial charge in [0.1, 0.15) is 17.9 Å². The molecule has 2 heterocycles. The van der Waals surface area contributed by atoms with E-state index in [2.05, 4.69) is 43.4 Å². The summed E-state index contributed by atoms with van der Waals surface area (Å²) in [6.45, 7) is 0. The van der Waals surface area contributed by atoms with Crippen LogP contribution < -0.4 is 10.7 Å². The van der Waals surface area contributed by atoms with Gasteiger partial charge in [-0.05, 0) is 82.3 Å². The minimum Gasteiger partial charge on any atom is -0.464 e. The molecule has 158 valence electrons. The number of fused-ring (bicyclic) bond motifs is 1. The Morgan fingerprint density at radius 2 is 1.84 bits per heavy atom.